The molecule has 5 heteroatoms. The highest BCUT2D eigenvalue weighted by Gasteiger charge is 2.45. The second-order valence-corrected chi connectivity index (χ2v) is 9.16. The van der Waals surface area contributed by atoms with Gasteiger partial charge in [0.15, 0.2) is 0 Å². The van der Waals surface area contributed by atoms with Crippen molar-refractivity contribution in [3.8, 4) is 11.8 Å². The number of fused-ring (bicyclic) bond motifs is 1. The number of allylic oxidation sites excluding steroid dienone is 1. The highest BCUT2D eigenvalue weighted by molar-refractivity contribution is 5.77. The van der Waals surface area contributed by atoms with E-state index in [1.807, 2.05) is 30.9 Å². The standard InChI is InChI=1S/C25H37NO4/c1-3-4-7-18(2)23(27)9-8-21-22-15-19(14-20(22)16-24(21)28)10-13-30-17-25(29)26-11-5-6-12-26/h8-10,18,20-24,27-28H,5-7,11-17H2,1-2H3/b9-8+,19-10+/t18-,20+,21-,22+,23-,24-/m1/s1. The van der Waals surface area contributed by atoms with Crippen molar-refractivity contribution in [3.63, 3.8) is 0 Å². The Kier molecular flexibility index (Phi) is 8.56. The fourth-order valence-corrected chi connectivity index (χ4v) is 5.14. The van der Waals surface area contributed by atoms with Crippen molar-refractivity contribution in [2.24, 2.45) is 23.7 Å². The minimum atomic E-state index is -0.532. The molecule has 0 aromatic heterocycles. The first kappa shape index (κ1) is 23.1. The summed E-state index contributed by atoms with van der Waals surface area (Å²) in [7, 11) is 0. The molecule has 0 aromatic carbocycles. The first-order valence-electron chi connectivity index (χ1n) is 11.5. The Morgan fingerprint density at radius 3 is 2.83 bits per heavy atom. The van der Waals surface area contributed by atoms with E-state index in [2.05, 4.69) is 17.9 Å². The van der Waals surface area contributed by atoms with Crippen molar-refractivity contribution in [2.75, 3.05) is 26.3 Å². The summed E-state index contributed by atoms with van der Waals surface area (Å²) < 4.78 is 5.60. The predicted molar refractivity (Wildman–Crippen MR) is 117 cm³/mol. The van der Waals surface area contributed by atoms with Crippen LogP contribution in [0.5, 0.6) is 0 Å². The van der Waals surface area contributed by atoms with Crippen molar-refractivity contribution in [3.05, 3.63) is 23.8 Å². The lowest BCUT2D eigenvalue weighted by molar-refractivity contribution is -0.134. The molecule has 0 radical (unpaired) electrons. The van der Waals surface area contributed by atoms with Gasteiger partial charge in [0.25, 0.3) is 0 Å². The third kappa shape index (κ3) is 5.97. The van der Waals surface area contributed by atoms with Gasteiger partial charge >= 0.3 is 0 Å². The number of hydrogen-bond acceptors (Lipinski definition) is 4. The van der Waals surface area contributed by atoms with E-state index < -0.39 is 6.10 Å². The number of aliphatic hydroxyl groups is 2. The van der Waals surface area contributed by atoms with E-state index in [-0.39, 0.29) is 30.5 Å². The van der Waals surface area contributed by atoms with Gasteiger partial charge in [-0.25, -0.2) is 0 Å². The normalized spacial score (nSPS) is 31.7. The lowest BCUT2D eigenvalue weighted by atomic mass is 9.89. The van der Waals surface area contributed by atoms with Crippen LogP contribution in [-0.4, -0.2) is 59.5 Å². The van der Waals surface area contributed by atoms with Crippen LogP contribution in [0.1, 0.15) is 52.4 Å². The van der Waals surface area contributed by atoms with Crippen LogP contribution >= 0.6 is 0 Å². The third-order valence-corrected chi connectivity index (χ3v) is 7.00. The van der Waals surface area contributed by atoms with Crippen molar-refractivity contribution < 1.29 is 19.7 Å². The van der Waals surface area contributed by atoms with Crippen LogP contribution in [0, 0.1) is 35.5 Å². The molecule has 1 aliphatic heterocycles. The average molecular weight is 416 g/mol. The van der Waals surface area contributed by atoms with Gasteiger partial charge in [-0.2, -0.15) is 0 Å². The summed E-state index contributed by atoms with van der Waals surface area (Å²) in [4.78, 5) is 13.9. The van der Waals surface area contributed by atoms with E-state index >= 15 is 0 Å². The predicted octanol–water partition coefficient (Wildman–Crippen LogP) is 2.93. The van der Waals surface area contributed by atoms with Crippen molar-refractivity contribution in [2.45, 2.75) is 64.6 Å². The minimum absolute atomic E-state index is 0.0856. The summed E-state index contributed by atoms with van der Waals surface area (Å²) in [5.74, 6) is 7.08. The van der Waals surface area contributed by atoms with Crippen LogP contribution in [0.4, 0.5) is 0 Å². The number of ether oxygens (including phenoxy) is 1. The molecule has 1 heterocycles. The van der Waals surface area contributed by atoms with E-state index in [1.165, 1.54) is 5.57 Å². The van der Waals surface area contributed by atoms with Crippen molar-refractivity contribution in [1.82, 2.24) is 4.90 Å². The Morgan fingerprint density at radius 2 is 2.10 bits per heavy atom. The van der Waals surface area contributed by atoms with E-state index in [9.17, 15) is 15.0 Å². The Balaban J connectivity index is 1.46. The Labute approximate surface area is 181 Å². The number of hydrogen-bond donors (Lipinski definition) is 2. The van der Waals surface area contributed by atoms with Gasteiger partial charge in [0.05, 0.1) is 18.8 Å². The molecule has 1 saturated heterocycles. The fourth-order valence-electron chi connectivity index (χ4n) is 5.14. The molecule has 30 heavy (non-hydrogen) atoms. The van der Waals surface area contributed by atoms with Gasteiger partial charge in [-0.05, 0) is 56.8 Å². The smallest absolute Gasteiger partial charge is 0.248 e. The van der Waals surface area contributed by atoms with Crippen LogP contribution in [-0.2, 0) is 9.53 Å². The summed E-state index contributed by atoms with van der Waals surface area (Å²) in [6.07, 6.45) is 10.8. The summed E-state index contributed by atoms with van der Waals surface area (Å²) in [6, 6.07) is 0. The molecule has 0 bridgehead atoms. The maximum atomic E-state index is 12.0. The van der Waals surface area contributed by atoms with Crippen LogP contribution in [0.2, 0.25) is 0 Å². The van der Waals surface area contributed by atoms with Gasteiger partial charge in [-0.15, -0.1) is 11.8 Å². The summed E-state index contributed by atoms with van der Waals surface area (Å²) in [5, 5.41) is 20.9. The topological polar surface area (TPSA) is 70.0 Å². The molecule has 0 unspecified atom stereocenters. The monoisotopic (exact) mass is 415 g/mol. The number of nitrogens with zero attached hydrogens (tertiary/aromatic N) is 1. The molecular weight excluding hydrogens is 378 g/mol. The second kappa shape index (κ2) is 11.1. The van der Waals surface area contributed by atoms with Gasteiger partial charge in [-0.3, -0.25) is 4.79 Å². The summed E-state index contributed by atoms with van der Waals surface area (Å²) in [5.41, 5.74) is 1.37. The zero-order valence-electron chi connectivity index (χ0n) is 18.4. The van der Waals surface area contributed by atoms with Gasteiger partial charge < -0.3 is 19.8 Å². The maximum Gasteiger partial charge on any atom is 0.248 e. The average Bonchev–Trinajstić information content (AvgIpc) is 3.44. The summed E-state index contributed by atoms with van der Waals surface area (Å²) in [6.45, 7) is 6.18. The number of aliphatic hydroxyl groups excluding tert-OH is 2. The summed E-state index contributed by atoms with van der Waals surface area (Å²) >= 11 is 0. The third-order valence-electron chi connectivity index (χ3n) is 7.00. The highest BCUT2D eigenvalue weighted by Crippen LogP contribution is 2.50. The van der Waals surface area contributed by atoms with Gasteiger partial charge in [-0.1, -0.05) is 30.7 Å². The van der Waals surface area contributed by atoms with Crippen LogP contribution in [0.3, 0.4) is 0 Å². The molecule has 166 valence electrons. The first-order chi connectivity index (χ1) is 14.5. The highest BCUT2D eigenvalue weighted by atomic mass is 16.5. The fraction of sp³-hybridized carbons (Fsp3) is 0.720. The van der Waals surface area contributed by atoms with E-state index in [0.717, 1.165) is 45.2 Å². The van der Waals surface area contributed by atoms with Crippen molar-refractivity contribution >= 4 is 5.91 Å². The van der Waals surface area contributed by atoms with Gasteiger partial charge in [0.2, 0.25) is 5.91 Å². The molecule has 3 rings (SSSR count). The molecule has 1 amide bonds. The molecule has 2 saturated carbocycles. The first-order valence-corrected chi connectivity index (χ1v) is 11.5. The lowest BCUT2D eigenvalue weighted by Gasteiger charge is -2.19. The van der Waals surface area contributed by atoms with Gasteiger partial charge in [0, 0.05) is 25.4 Å². The van der Waals surface area contributed by atoms with Gasteiger partial charge in [0.1, 0.15) is 6.61 Å². The number of likely N-dealkylation sites (tertiary alicyclic amines) is 1. The Bertz CT molecular complexity index is 698. The molecule has 0 spiro atoms. The number of amides is 1. The van der Waals surface area contributed by atoms with E-state index in [1.54, 1.807) is 0 Å². The molecule has 5 nitrogen and oxygen atoms in total. The van der Waals surface area contributed by atoms with Crippen molar-refractivity contribution in [1.29, 1.82) is 0 Å². The van der Waals surface area contributed by atoms with E-state index in [4.69, 9.17) is 4.74 Å². The maximum absolute atomic E-state index is 12.0. The molecule has 3 fully saturated rings. The number of carbonyl (C=O) groups excluding carboxylic acids is 1. The lowest BCUT2D eigenvalue weighted by Crippen LogP contribution is -2.31. The van der Waals surface area contributed by atoms with Crippen LogP contribution in [0.25, 0.3) is 0 Å². The van der Waals surface area contributed by atoms with E-state index in [0.29, 0.717) is 24.9 Å². The van der Waals surface area contributed by atoms with Crippen LogP contribution < -0.4 is 0 Å². The second-order valence-electron chi connectivity index (χ2n) is 9.16. The molecular formula is C25H37NO4. The molecule has 3 aliphatic rings. The molecule has 6 atom stereocenters. The zero-order valence-corrected chi connectivity index (χ0v) is 18.4. The van der Waals surface area contributed by atoms with Crippen LogP contribution in [0.15, 0.2) is 23.8 Å². The largest absolute Gasteiger partial charge is 0.392 e. The minimum Gasteiger partial charge on any atom is -0.392 e. The Morgan fingerprint density at radius 1 is 1.33 bits per heavy atom. The SMILES string of the molecule is CC#CC[C@@H](C)[C@H](O)/C=C/[C@@H]1[C@H]2C/C(=C/COCC(=O)N3CCCC3)C[C@H]2C[C@H]1O. The number of carbonyl (C=O) groups is 1. The zero-order chi connectivity index (χ0) is 21.5. The number of rotatable bonds is 8. The molecule has 2 N–H and O–H groups in total. The molecule has 0 aromatic rings. The Hall–Kier alpha value is -1.61. The quantitative estimate of drug-likeness (QED) is 0.363. The molecule has 2 aliphatic carbocycles.